The van der Waals surface area contributed by atoms with E-state index in [0.29, 0.717) is 11.8 Å². The quantitative estimate of drug-likeness (QED) is 0.905. The summed E-state index contributed by atoms with van der Waals surface area (Å²) in [5.74, 6) is 0.0924. The van der Waals surface area contributed by atoms with Crippen LogP contribution < -0.4 is 5.32 Å². The van der Waals surface area contributed by atoms with Crippen molar-refractivity contribution in [2.24, 2.45) is 0 Å². The van der Waals surface area contributed by atoms with Crippen molar-refractivity contribution in [3.8, 4) is 5.75 Å². The second kappa shape index (κ2) is 6.79. The first-order valence-corrected chi connectivity index (χ1v) is 7.71. The number of hydrogen-bond donors (Lipinski definition) is 2. The first-order chi connectivity index (χ1) is 10.7. The Bertz CT molecular complexity index is 615. The molecule has 0 spiro atoms. The van der Waals surface area contributed by atoms with E-state index >= 15 is 0 Å². The van der Waals surface area contributed by atoms with Crippen LogP contribution in [0.15, 0.2) is 48.5 Å². The molecule has 0 bridgehead atoms. The molecular weight excluding hydrogens is 279 g/mol. The number of rotatable bonds is 4. The number of benzene rings is 2. The van der Waals surface area contributed by atoms with Crippen LogP contribution in [0.1, 0.15) is 18.4 Å². The second-order valence-electron chi connectivity index (χ2n) is 5.90. The molecule has 1 saturated heterocycles. The van der Waals surface area contributed by atoms with Crippen molar-refractivity contribution in [2.75, 3.05) is 18.4 Å². The van der Waals surface area contributed by atoms with Crippen LogP contribution in [0.25, 0.3) is 0 Å². The highest BCUT2D eigenvalue weighted by Gasteiger charge is 2.19. The zero-order valence-corrected chi connectivity index (χ0v) is 12.5. The van der Waals surface area contributed by atoms with Crippen LogP contribution in [0.5, 0.6) is 5.75 Å². The largest absolute Gasteiger partial charge is 0.508 e. The Kier molecular flexibility index (Phi) is 4.59. The van der Waals surface area contributed by atoms with Crippen molar-refractivity contribution >= 4 is 5.69 Å². The summed E-state index contributed by atoms with van der Waals surface area (Å²) >= 11 is 0. The highest BCUT2D eigenvalue weighted by Crippen LogP contribution is 2.19. The number of hydrogen-bond acceptors (Lipinski definition) is 3. The first-order valence-electron chi connectivity index (χ1n) is 7.71. The van der Waals surface area contributed by atoms with Gasteiger partial charge in [-0.25, -0.2) is 4.39 Å². The van der Waals surface area contributed by atoms with Crippen LogP contribution in [0.3, 0.4) is 0 Å². The van der Waals surface area contributed by atoms with Gasteiger partial charge in [0.15, 0.2) is 0 Å². The van der Waals surface area contributed by atoms with Gasteiger partial charge in [-0.15, -0.1) is 0 Å². The highest BCUT2D eigenvalue weighted by atomic mass is 19.1. The summed E-state index contributed by atoms with van der Waals surface area (Å²) in [5, 5.41) is 12.8. The normalized spacial score (nSPS) is 19.0. The van der Waals surface area contributed by atoms with Gasteiger partial charge >= 0.3 is 0 Å². The van der Waals surface area contributed by atoms with Crippen LogP contribution in [-0.2, 0) is 6.54 Å². The molecule has 0 aromatic heterocycles. The number of anilines is 1. The number of piperidine rings is 1. The molecule has 0 radical (unpaired) electrons. The number of likely N-dealkylation sites (tertiary alicyclic amines) is 1. The lowest BCUT2D eigenvalue weighted by atomic mass is 10.0. The maximum absolute atomic E-state index is 13.2. The zero-order valence-electron chi connectivity index (χ0n) is 12.5. The average Bonchev–Trinajstić information content (AvgIpc) is 2.50. The fraction of sp³-hybridized carbons (Fsp3) is 0.333. The number of nitrogens with zero attached hydrogens (tertiary/aromatic N) is 1. The summed E-state index contributed by atoms with van der Waals surface area (Å²) in [6.45, 7) is 2.89. The van der Waals surface area contributed by atoms with E-state index in [1.165, 1.54) is 11.6 Å². The predicted octanol–water partition coefficient (Wildman–Crippen LogP) is 3.61. The maximum atomic E-state index is 13.2. The topological polar surface area (TPSA) is 35.5 Å². The van der Waals surface area contributed by atoms with Crippen molar-refractivity contribution in [1.82, 2.24) is 4.90 Å². The van der Waals surface area contributed by atoms with E-state index in [1.807, 2.05) is 18.2 Å². The smallest absolute Gasteiger partial charge is 0.125 e. The SMILES string of the molecule is Oc1ccc(CN2CCC[C@H](Nc3cccc(F)c3)C2)cc1. The van der Waals surface area contributed by atoms with E-state index in [4.69, 9.17) is 0 Å². The third kappa shape index (κ3) is 3.98. The molecule has 0 unspecified atom stereocenters. The van der Waals surface area contributed by atoms with Gasteiger partial charge in [0.1, 0.15) is 11.6 Å². The lowest BCUT2D eigenvalue weighted by molar-refractivity contribution is 0.208. The summed E-state index contributed by atoms with van der Waals surface area (Å²) in [4.78, 5) is 2.40. The summed E-state index contributed by atoms with van der Waals surface area (Å²) in [6.07, 6.45) is 2.23. The molecule has 1 aliphatic rings. The molecule has 22 heavy (non-hydrogen) atoms. The molecule has 2 aromatic rings. The lowest BCUT2D eigenvalue weighted by Gasteiger charge is -2.33. The standard InChI is InChI=1S/C18H21FN2O/c19-15-3-1-4-16(11-15)20-17-5-2-10-21(13-17)12-14-6-8-18(22)9-7-14/h1,3-4,6-9,11,17,20,22H,2,5,10,12-13H2/t17-/m0/s1. The van der Waals surface area contributed by atoms with E-state index in [1.54, 1.807) is 24.3 Å². The molecule has 4 heteroatoms. The Morgan fingerprint density at radius 1 is 1.18 bits per heavy atom. The molecule has 1 atom stereocenters. The van der Waals surface area contributed by atoms with Crippen LogP contribution in [0.2, 0.25) is 0 Å². The van der Waals surface area contributed by atoms with Gasteiger partial charge in [0.25, 0.3) is 0 Å². The predicted molar refractivity (Wildman–Crippen MR) is 86.4 cm³/mol. The van der Waals surface area contributed by atoms with E-state index in [0.717, 1.165) is 38.2 Å². The minimum Gasteiger partial charge on any atom is -0.508 e. The Morgan fingerprint density at radius 3 is 2.77 bits per heavy atom. The third-order valence-corrected chi connectivity index (χ3v) is 4.04. The van der Waals surface area contributed by atoms with Crippen LogP contribution in [0, 0.1) is 5.82 Å². The van der Waals surface area contributed by atoms with Crippen molar-refractivity contribution in [3.05, 3.63) is 59.9 Å². The molecule has 3 nitrogen and oxygen atoms in total. The van der Waals surface area contributed by atoms with Gasteiger partial charge < -0.3 is 10.4 Å². The highest BCUT2D eigenvalue weighted by molar-refractivity contribution is 5.44. The zero-order chi connectivity index (χ0) is 15.4. The number of nitrogens with one attached hydrogen (secondary N) is 1. The van der Waals surface area contributed by atoms with Crippen molar-refractivity contribution in [3.63, 3.8) is 0 Å². The molecule has 0 saturated carbocycles. The summed E-state index contributed by atoms with van der Waals surface area (Å²) in [5.41, 5.74) is 2.04. The van der Waals surface area contributed by atoms with E-state index in [2.05, 4.69) is 10.2 Å². The van der Waals surface area contributed by atoms with Gasteiger partial charge in [0, 0.05) is 24.8 Å². The third-order valence-electron chi connectivity index (χ3n) is 4.04. The van der Waals surface area contributed by atoms with Crippen molar-refractivity contribution in [1.29, 1.82) is 0 Å². The Hall–Kier alpha value is -2.07. The summed E-state index contributed by atoms with van der Waals surface area (Å²) < 4.78 is 13.2. The Labute approximate surface area is 130 Å². The van der Waals surface area contributed by atoms with E-state index in [9.17, 15) is 9.50 Å². The van der Waals surface area contributed by atoms with Gasteiger partial charge in [0.05, 0.1) is 0 Å². The molecule has 2 N–H and O–H groups in total. The fourth-order valence-electron chi connectivity index (χ4n) is 2.99. The molecule has 116 valence electrons. The van der Waals surface area contributed by atoms with Gasteiger partial charge in [-0.3, -0.25) is 4.90 Å². The second-order valence-corrected chi connectivity index (χ2v) is 5.90. The Morgan fingerprint density at radius 2 is 2.00 bits per heavy atom. The first kappa shape index (κ1) is 14.9. The van der Waals surface area contributed by atoms with Crippen molar-refractivity contribution < 1.29 is 9.50 Å². The van der Waals surface area contributed by atoms with Crippen LogP contribution in [-0.4, -0.2) is 29.1 Å². The Balaban J connectivity index is 1.58. The molecule has 0 amide bonds. The summed E-state index contributed by atoms with van der Waals surface area (Å²) in [7, 11) is 0. The average molecular weight is 300 g/mol. The van der Waals surface area contributed by atoms with Gasteiger partial charge in [-0.05, 0) is 55.3 Å². The fourth-order valence-corrected chi connectivity index (χ4v) is 2.99. The number of halogens is 1. The molecule has 2 aromatic carbocycles. The molecule has 3 rings (SSSR count). The molecule has 0 aliphatic carbocycles. The van der Waals surface area contributed by atoms with Gasteiger partial charge in [0.2, 0.25) is 0 Å². The van der Waals surface area contributed by atoms with E-state index < -0.39 is 0 Å². The molecule has 1 fully saturated rings. The minimum atomic E-state index is -0.207. The van der Waals surface area contributed by atoms with Crippen LogP contribution >= 0.6 is 0 Å². The number of aromatic hydroxyl groups is 1. The summed E-state index contributed by atoms with van der Waals surface area (Å²) in [6, 6.07) is 14.3. The van der Waals surface area contributed by atoms with Crippen LogP contribution in [0.4, 0.5) is 10.1 Å². The monoisotopic (exact) mass is 300 g/mol. The molecular formula is C18H21FN2O. The number of phenols is 1. The van der Waals surface area contributed by atoms with E-state index in [-0.39, 0.29) is 5.82 Å². The van der Waals surface area contributed by atoms with Gasteiger partial charge in [-0.1, -0.05) is 18.2 Å². The molecule has 1 heterocycles. The number of phenolic OH excluding ortho intramolecular Hbond substituents is 1. The minimum absolute atomic E-state index is 0.207. The molecule has 1 aliphatic heterocycles. The van der Waals surface area contributed by atoms with Gasteiger partial charge in [-0.2, -0.15) is 0 Å². The lowest BCUT2D eigenvalue weighted by Crippen LogP contribution is -2.41. The maximum Gasteiger partial charge on any atom is 0.125 e. The van der Waals surface area contributed by atoms with Crippen molar-refractivity contribution in [2.45, 2.75) is 25.4 Å².